The molecular weight excluding hydrogens is 262 g/mol. The van der Waals surface area contributed by atoms with E-state index in [0.717, 1.165) is 5.56 Å². The van der Waals surface area contributed by atoms with Crippen molar-refractivity contribution in [3.05, 3.63) is 35.9 Å². The largest absolute Gasteiger partial charge is 0.481 e. The van der Waals surface area contributed by atoms with E-state index >= 15 is 0 Å². The first-order valence-corrected chi connectivity index (χ1v) is 6.05. The van der Waals surface area contributed by atoms with Crippen LogP contribution in [0, 0.1) is 0 Å². The van der Waals surface area contributed by atoms with Gasteiger partial charge in [-0.1, -0.05) is 0 Å². The Bertz CT molecular complexity index is 616. The average Bonchev–Trinajstić information content (AvgIpc) is 3.02. The molecule has 0 saturated heterocycles. The van der Waals surface area contributed by atoms with Crippen molar-refractivity contribution in [3.63, 3.8) is 0 Å². The predicted molar refractivity (Wildman–Crippen MR) is 68.9 cm³/mol. The number of carboxylic acid groups (broad SMARTS) is 1. The highest BCUT2D eigenvalue weighted by Gasteiger charge is 2.10. The minimum absolute atomic E-state index is 0.0293. The number of rotatable bonds is 6. The predicted octanol–water partition coefficient (Wildman–Crippen LogP) is 0.0213. The molecule has 0 aliphatic heterocycles. The number of nitrogens with one attached hydrogen (secondary N) is 1. The van der Waals surface area contributed by atoms with Gasteiger partial charge in [-0.3, -0.25) is 19.0 Å². The first-order valence-electron chi connectivity index (χ1n) is 6.05. The van der Waals surface area contributed by atoms with Gasteiger partial charge in [-0.15, -0.1) is 0 Å². The van der Waals surface area contributed by atoms with Crippen molar-refractivity contribution in [2.24, 2.45) is 7.05 Å². The Labute approximate surface area is 115 Å². The van der Waals surface area contributed by atoms with E-state index in [1.54, 1.807) is 30.2 Å². The molecule has 2 aromatic heterocycles. The summed E-state index contributed by atoms with van der Waals surface area (Å²) in [4.78, 5) is 22.3. The summed E-state index contributed by atoms with van der Waals surface area (Å²) in [7, 11) is 1.80. The number of hydrogen-bond donors (Lipinski definition) is 2. The van der Waals surface area contributed by atoms with Gasteiger partial charge in [0, 0.05) is 31.5 Å². The zero-order valence-corrected chi connectivity index (χ0v) is 11.0. The molecule has 1 amide bonds. The van der Waals surface area contributed by atoms with Gasteiger partial charge in [-0.05, 0) is 6.07 Å². The molecule has 0 saturated carbocycles. The molecule has 20 heavy (non-hydrogen) atoms. The van der Waals surface area contributed by atoms with Crippen molar-refractivity contribution in [2.45, 2.75) is 19.5 Å². The minimum Gasteiger partial charge on any atom is -0.481 e. The van der Waals surface area contributed by atoms with E-state index in [-0.39, 0.29) is 24.6 Å². The van der Waals surface area contributed by atoms with Gasteiger partial charge in [0.05, 0.1) is 19.2 Å². The van der Waals surface area contributed by atoms with Crippen LogP contribution in [0.5, 0.6) is 0 Å². The van der Waals surface area contributed by atoms with Gasteiger partial charge in [0.1, 0.15) is 5.69 Å². The number of aromatic nitrogens is 4. The SMILES string of the molecule is Cn1cc(CNC(=O)c2ccn(CCC(=O)O)n2)cn1. The highest BCUT2D eigenvalue weighted by Crippen LogP contribution is 2.00. The third kappa shape index (κ3) is 3.67. The zero-order chi connectivity index (χ0) is 14.5. The number of aryl methyl sites for hydroxylation is 2. The first kappa shape index (κ1) is 13.8. The van der Waals surface area contributed by atoms with Crippen LogP contribution in [0.1, 0.15) is 22.5 Å². The molecule has 0 aliphatic rings. The summed E-state index contributed by atoms with van der Waals surface area (Å²) < 4.78 is 3.09. The van der Waals surface area contributed by atoms with Crippen molar-refractivity contribution in [1.82, 2.24) is 24.9 Å². The normalized spacial score (nSPS) is 10.4. The lowest BCUT2D eigenvalue weighted by atomic mass is 10.3. The summed E-state index contributed by atoms with van der Waals surface area (Å²) in [6.07, 6.45) is 5.04. The number of nitrogens with zero attached hydrogens (tertiary/aromatic N) is 4. The van der Waals surface area contributed by atoms with Crippen LogP contribution in [0.4, 0.5) is 0 Å². The Kier molecular flexibility index (Phi) is 4.14. The Morgan fingerprint density at radius 2 is 2.25 bits per heavy atom. The van der Waals surface area contributed by atoms with Crippen LogP contribution in [0.3, 0.4) is 0 Å². The molecule has 0 bridgehead atoms. The Morgan fingerprint density at radius 3 is 2.90 bits per heavy atom. The average molecular weight is 277 g/mol. The monoisotopic (exact) mass is 277 g/mol. The van der Waals surface area contributed by atoms with Crippen molar-refractivity contribution < 1.29 is 14.7 Å². The second-order valence-electron chi connectivity index (χ2n) is 4.31. The second kappa shape index (κ2) is 6.00. The number of amides is 1. The summed E-state index contributed by atoms with van der Waals surface area (Å²) in [5, 5.41) is 19.3. The van der Waals surface area contributed by atoms with Crippen LogP contribution in [0.2, 0.25) is 0 Å². The molecule has 2 rings (SSSR count). The number of carbonyl (C=O) groups excluding carboxylic acids is 1. The topological polar surface area (TPSA) is 102 Å². The maximum absolute atomic E-state index is 11.8. The molecule has 0 aromatic carbocycles. The van der Waals surface area contributed by atoms with Crippen molar-refractivity contribution in [3.8, 4) is 0 Å². The fourth-order valence-electron chi connectivity index (χ4n) is 1.65. The molecule has 106 valence electrons. The van der Waals surface area contributed by atoms with Crippen LogP contribution < -0.4 is 5.32 Å². The molecule has 0 unspecified atom stereocenters. The van der Waals surface area contributed by atoms with Gasteiger partial charge in [-0.2, -0.15) is 10.2 Å². The second-order valence-corrected chi connectivity index (χ2v) is 4.31. The summed E-state index contributed by atoms with van der Waals surface area (Å²) >= 11 is 0. The number of aliphatic carboxylic acids is 1. The summed E-state index contributed by atoms with van der Waals surface area (Å²) in [6, 6.07) is 1.56. The highest BCUT2D eigenvalue weighted by molar-refractivity contribution is 5.92. The minimum atomic E-state index is -0.900. The third-order valence-corrected chi connectivity index (χ3v) is 2.64. The van der Waals surface area contributed by atoms with Gasteiger partial charge in [0.2, 0.25) is 0 Å². The molecular formula is C12H15N5O3. The maximum Gasteiger partial charge on any atom is 0.305 e. The van der Waals surface area contributed by atoms with Gasteiger partial charge in [0.15, 0.2) is 0 Å². The number of hydrogen-bond acceptors (Lipinski definition) is 4. The molecule has 2 heterocycles. The Balaban J connectivity index is 1.87. The third-order valence-electron chi connectivity index (χ3n) is 2.64. The molecule has 0 fully saturated rings. The van der Waals surface area contributed by atoms with Gasteiger partial charge < -0.3 is 10.4 Å². The van der Waals surface area contributed by atoms with E-state index in [1.807, 2.05) is 6.20 Å². The Morgan fingerprint density at radius 1 is 1.45 bits per heavy atom. The van der Waals surface area contributed by atoms with E-state index in [4.69, 9.17) is 5.11 Å². The van der Waals surface area contributed by atoms with E-state index in [9.17, 15) is 9.59 Å². The van der Waals surface area contributed by atoms with Crippen LogP contribution >= 0.6 is 0 Å². The molecule has 2 N–H and O–H groups in total. The standard InChI is InChI=1S/C12H15N5O3/c1-16-8-9(7-14-16)6-13-12(20)10-2-4-17(15-10)5-3-11(18)19/h2,4,7-8H,3,5-6H2,1H3,(H,13,20)(H,18,19). The lowest BCUT2D eigenvalue weighted by molar-refractivity contribution is -0.137. The van der Waals surface area contributed by atoms with Crippen LogP contribution in [0.15, 0.2) is 24.7 Å². The zero-order valence-electron chi connectivity index (χ0n) is 11.0. The fourth-order valence-corrected chi connectivity index (χ4v) is 1.65. The van der Waals surface area contributed by atoms with Crippen LogP contribution in [-0.4, -0.2) is 36.5 Å². The maximum atomic E-state index is 11.8. The number of carboxylic acids is 1. The van der Waals surface area contributed by atoms with Gasteiger partial charge in [-0.25, -0.2) is 0 Å². The highest BCUT2D eigenvalue weighted by atomic mass is 16.4. The molecule has 0 atom stereocenters. The number of carbonyl (C=O) groups is 2. The van der Waals surface area contributed by atoms with Crippen molar-refractivity contribution in [1.29, 1.82) is 0 Å². The van der Waals surface area contributed by atoms with E-state index < -0.39 is 5.97 Å². The molecule has 0 aliphatic carbocycles. The smallest absolute Gasteiger partial charge is 0.305 e. The van der Waals surface area contributed by atoms with Crippen molar-refractivity contribution in [2.75, 3.05) is 0 Å². The van der Waals surface area contributed by atoms with Crippen LogP contribution in [-0.2, 0) is 24.9 Å². The lowest BCUT2D eigenvalue weighted by Crippen LogP contribution is -2.23. The first-order chi connectivity index (χ1) is 9.54. The molecule has 8 heteroatoms. The Hall–Kier alpha value is -2.64. The summed E-state index contributed by atoms with van der Waals surface area (Å²) in [5.41, 5.74) is 1.16. The lowest BCUT2D eigenvalue weighted by Gasteiger charge is -2.01. The molecule has 8 nitrogen and oxygen atoms in total. The quantitative estimate of drug-likeness (QED) is 0.775. The van der Waals surface area contributed by atoms with E-state index in [0.29, 0.717) is 6.54 Å². The molecule has 0 spiro atoms. The van der Waals surface area contributed by atoms with E-state index in [2.05, 4.69) is 15.5 Å². The fraction of sp³-hybridized carbons (Fsp3) is 0.333. The van der Waals surface area contributed by atoms with E-state index in [1.165, 1.54) is 4.68 Å². The summed E-state index contributed by atoms with van der Waals surface area (Å²) in [5.74, 6) is -1.20. The van der Waals surface area contributed by atoms with Gasteiger partial charge >= 0.3 is 5.97 Å². The van der Waals surface area contributed by atoms with Crippen molar-refractivity contribution >= 4 is 11.9 Å². The molecule has 0 radical (unpaired) electrons. The van der Waals surface area contributed by atoms with Crippen LogP contribution in [0.25, 0.3) is 0 Å². The summed E-state index contributed by atoms with van der Waals surface area (Å²) in [6.45, 7) is 0.611. The molecule has 2 aromatic rings. The van der Waals surface area contributed by atoms with Gasteiger partial charge in [0.25, 0.3) is 5.91 Å².